The van der Waals surface area contributed by atoms with Crippen LogP contribution in [0.3, 0.4) is 0 Å². The molecule has 0 saturated heterocycles. The first-order valence-electron chi connectivity index (χ1n) is 6.72. The van der Waals surface area contributed by atoms with Crippen LogP contribution in [0.25, 0.3) is 0 Å². The van der Waals surface area contributed by atoms with Crippen LogP contribution in [-0.2, 0) is 17.6 Å². The average Bonchev–Trinajstić information content (AvgIpc) is 2.77. The summed E-state index contributed by atoms with van der Waals surface area (Å²) >= 11 is 1.78. The van der Waals surface area contributed by atoms with E-state index in [1.54, 1.807) is 11.3 Å². The molecule has 0 spiro atoms. The van der Waals surface area contributed by atoms with Crippen LogP contribution < -0.4 is 11.1 Å². The number of nitrogens with one attached hydrogen (secondary N) is 1. The molecule has 2 rings (SSSR count). The van der Waals surface area contributed by atoms with Gasteiger partial charge < -0.3 is 11.1 Å². The molecule has 3 N–H and O–H groups in total. The second kappa shape index (κ2) is 6.57. The Morgan fingerprint density at radius 3 is 2.70 bits per heavy atom. The Morgan fingerprint density at radius 2 is 2.05 bits per heavy atom. The van der Waals surface area contributed by atoms with Gasteiger partial charge in [-0.25, -0.2) is 0 Å². The van der Waals surface area contributed by atoms with E-state index < -0.39 is 0 Å². The smallest absolute Gasteiger partial charge is 0.224 e. The first-order chi connectivity index (χ1) is 9.54. The van der Waals surface area contributed by atoms with Gasteiger partial charge in [0, 0.05) is 27.9 Å². The fourth-order valence-corrected chi connectivity index (χ4v) is 3.16. The van der Waals surface area contributed by atoms with E-state index in [2.05, 4.69) is 24.4 Å². The highest BCUT2D eigenvalue weighted by molar-refractivity contribution is 7.11. The number of para-hydroxylation sites is 1. The largest absolute Gasteiger partial charge is 0.398 e. The molecule has 1 amide bonds. The van der Waals surface area contributed by atoms with E-state index in [1.165, 1.54) is 9.75 Å². The maximum Gasteiger partial charge on any atom is 0.224 e. The molecule has 1 unspecified atom stereocenters. The molecule has 106 valence electrons. The lowest BCUT2D eigenvalue weighted by Gasteiger charge is -2.13. The molecule has 1 heterocycles. The Hall–Kier alpha value is -1.81. The van der Waals surface area contributed by atoms with Crippen LogP contribution in [-0.4, -0.2) is 11.9 Å². The number of amides is 1. The van der Waals surface area contributed by atoms with E-state index in [1.807, 2.05) is 31.2 Å². The molecule has 20 heavy (non-hydrogen) atoms. The molecule has 0 fully saturated rings. The quantitative estimate of drug-likeness (QED) is 0.831. The number of anilines is 1. The van der Waals surface area contributed by atoms with Gasteiger partial charge in [0.1, 0.15) is 0 Å². The molecule has 0 saturated carbocycles. The summed E-state index contributed by atoms with van der Waals surface area (Å²) in [4.78, 5) is 14.6. The molecule has 0 radical (unpaired) electrons. The standard InChI is InChI=1S/C16H20N2OS/c1-11(9-14-8-7-12(2)20-14)18-16(19)10-13-5-3-4-6-15(13)17/h3-8,11H,9-10,17H2,1-2H3,(H,18,19). The van der Waals surface area contributed by atoms with Crippen LogP contribution in [0.5, 0.6) is 0 Å². The second-order valence-electron chi connectivity index (χ2n) is 5.06. The fourth-order valence-electron chi connectivity index (χ4n) is 2.14. The highest BCUT2D eigenvalue weighted by Crippen LogP contribution is 2.17. The topological polar surface area (TPSA) is 55.1 Å². The molecule has 4 heteroatoms. The van der Waals surface area contributed by atoms with Crippen molar-refractivity contribution in [3.05, 3.63) is 51.7 Å². The predicted molar refractivity (Wildman–Crippen MR) is 84.9 cm³/mol. The minimum absolute atomic E-state index is 0.0173. The fraction of sp³-hybridized carbons (Fsp3) is 0.312. The van der Waals surface area contributed by atoms with Gasteiger partial charge in [0.25, 0.3) is 0 Å². The van der Waals surface area contributed by atoms with Crippen molar-refractivity contribution >= 4 is 22.9 Å². The van der Waals surface area contributed by atoms with Gasteiger partial charge in [0.05, 0.1) is 6.42 Å². The number of benzene rings is 1. The first kappa shape index (κ1) is 14.6. The Kier molecular flexibility index (Phi) is 4.79. The van der Waals surface area contributed by atoms with Crippen molar-refractivity contribution in [2.24, 2.45) is 0 Å². The van der Waals surface area contributed by atoms with Crippen LogP contribution in [0.15, 0.2) is 36.4 Å². The molecule has 1 aromatic heterocycles. The Labute approximate surface area is 123 Å². The van der Waals surface area contributed by atoms with Crippen LogP contribution in [0, 0.1) is 6.92 Å². The monoisotopic (exact) mass is 288 g/mol. The van der Waals surface area contributed by atoms with E-state index in [4.69, 9.17) is 5.73 Å². The highest BCUT2D eigenvalue weighted by Gasteiger charge is 2.11. The number of nitrogens with two attached hydrogens (primary N) is 1. The maximum atomic E-state index is 12.0. The van der Waals surface area contributed by atoms with Crippen molar-refractivity contribution < 1.29 is 4.79 Å². The van der Waals surface area contributed by atoms with Crippen molar-refractivity contribution in [2.75, 3.05) is 5.73 Å². The summed E-state index contributed by atoms with van der Waals surface area (Å²) in [6, 6.07) is 11.8. The molecule has 0 bridgehead atoms. The van der Waals surface area contributed by atoms with E-state index >= 15 is 0 Å². The third kappa shape index (κ3) is 4.10. The molecular weight excluding hydrogens is 268 g/mol. The van der Waals surface area contributed by atoms with Gasteiger partial charge in [0.2, 0.25) is 5.91 Å². The summed E-state index contributed by atoms with van der Waals surface area (Å²) in [6.45, 7) is 4.12. The molecule has 1 aromatic carbocycles. The predicted octanol–water partition coefficient (Wildman–Crippen LogP) is 2.93. The number of hydrogen-bond acceptors (Lipinski definition) is 3. The summed E-state index contributed by atoms with van der Waals surface area (Å²) in [5, 5.41) is 3.03. The zero-order valence-electron chi connectivity index (χ0n) is 11.8. The van der Waals surface area contributed by atoms with Gasteiger partial charge in [-0.15, -0.1) is 11.3 Å². The summed E-state index contributed by atoms with van der Waals surface area (Å²) < 4.78 is 0. The van der Waals surface area contributed by atoms with Crippen molar-refractivity contribution in [3.8, 4) is 0 Å². The van der Waals surface area contributed by atoms with Gasteiger partial charge in [-0.2, -0.15) is 0 Å². The second-order valence-corrected chi connectivity index (χ2v) is 6.43. The SMILES string of the molecule is Cc1ccc(CC(C)NC(=O)Cc2ccccc2N)s1. The minimum atomic E-state index is 0.0173. The number of rotatable bonds is 5. The number of carbonyl (C=O) groups is 1. The number of nitrogen functional groups attached to an aromatic ring is 1. The van der Waals surface area contributed by atoms with E-state index in [9.17, 15) is 4.79 Å². The molecular formula is C16H20N2OS. The molecule has 3 nitrogen and oxygen atoms in total. The molecule has 2 aromatic rings. The summed E-state index contributed by atoms with van der Waals surface area (Å²) in [7, 11) is 0. The molecule has 0 aliphatic heterocycles. The van der Waals surface area contributed by atoms with Crippen molar-refractivity contribution in [1.82, 2.24) is 5.32 Å². The third-order valence-electron chi connectivity index (χ3n) is 3.12. The number of aryl methyl sites for hydroxylation is 1. The van der Waals surface area contributed by atoms with Crippen LogP contribution >= 0.6 is 11.3 Å². The van der Waals surface area contributed by atoms with Crippen LogP contribution in [0.2, 0.25) is 0 Å². The molecule has 0 aliphatic rings. The van der Waals surface area contributed by atoms with E-state index in [0.717, 1.165) is 12.0 Å². The number of thiophene rings is 1. The van der Waals surface area contributed by atoms with Crippen molar-refractivity contribution in [1.29, 1.82) is 0 Å². The Morgan fingerprint density at radius 1 is 1.30 bits per heavy atom. The maximum absolute atomic E-state index is 12.0. The van der Waals surface area contributed by atoms with Crippen molar-refractivity contribution in [3.63, 3.8) is 0 Å². The van der Waals surface area contributed by atoms with E-state index in [-0.39, 0.29) is 11.9 Å². The lowest BCUT2D eigenvalue weighted by atomic mass is 10.1. The van der Waals surface area contributed by atoms with Crippen LogP contribution in [0.1, 0.15) is 22.2 Å². The Bertz CT molecular complexity index is 592. The van der Waals surface area contributed by atoms with Crippen LogP contribution in [0.4, 0.5) is 5.69 Å². The lowest BCUT2D eigenvalue weighted by molar-refractivity contribution is -0.121. The third-order valence-corrected chi connectivity index (χ3v) is 4.14. The van der Waals surface area contributed by atoms with Gasteiger partial charge in [-0.3, -0.25) is 4.79 Å². The van der Waals surface area contributed by atoms with Gasteiger partial charge >= 0.3 is 0 Å². The van der Waals surface area contributed by atoms with Gasteiger partial charge in [-0.05, 0) is 37.6 Å². The first-order valence-corrected chi connectivity index (χ1v) is 7.54. The summed E-state index contributed by atoms with van der Waals surface area (Å²) in [6.07, 6.45) is 1.20. The summed E-state index contributed by atoms with van der Waals surface area (Å²) in [5.41, 5.74) is 7.40. The molecule has 1 atom stereocenters. The Balaban J connectivity index is 1.86. The lowest BCUT2D eigenvalue weighted by Crippen LogP contribution is -2.35. The van der Waals surface area contributed by atoms with Gasteiger partial charge in [0.15, 0.2) is 0 Å². The molecule has 0 aliphatic carbocycles. The summed E-state index contributed by atoms with van der Waals surface area (Å²) in [5.74, 6) is 0.0173. The average molecular weight is 288 g/mol. The highest BCUT2D eigenvalue weighted by atomic mass is 32.1. The van der Waals surface area contributed by atoms with E-state index in [0.29, 0.717) is 12.1 Å². The van der Waals surface area contributed by atoms with Gasteiger partial charge in [-0.1, -0.05) is 18.2 Å². The zero-order valence-corrected chi connectivity index (χ0v) is 12.7. The zero-order chi connectivity index (χ0) is 14.5. The number of carbonyl (C=O) groups excluding carboxylic acids is 1. The number of hydrogen-bond donors (Lipinski definition) is 2. The van der Waals surface area contributed by atoms with Crippen molar-refractivity contribution in [2.45, 2.75) is 32.7 Å². The minimum Gasteiger partial charge on any atom is -0.398 e. The normalized spacial score (nSPS) is 12.1.